The molecule has 1 aliphatic rings. The molecule has 0 saturated carbocycles. The van der Waals surface area contributed by atoms with Crippen molar-refractivity contribution in [2.45, 2.75) is 12.2 Å². The van der Waals surface area contributed by atoms with E-state index in [4.69, 9.17) is 15.2 Å². The van der Waals surface area contributed by atoms with Gasteiger partial charge in [0.15, 0.2) is 11.5 Å². The fourth-order valence-electron chi connectivity index (χ4n) is 1.91. The average molecular weight is 355 g/mol. The molecule has 0 spiro atoms. The van der Waals surface area contributed by atoms with E-state index in [9.17, 15) is 13.2 Å². The van der Waals surface area contributed by atoms with Gasteiger partial charge in [-0.1, -0.05) is 0 Å². The molecule has 1 unspecified atom stereocenters. The van der Waals surface area contributed by atoms with Gasteiger partial charge >= 0.3 is 6.18 Å². The van der Waals surface area contributed by atoms with Crippen LogP contribution in [0.15, 0.2) is 16.6 Å². The van der Waals surface area contributed by atoms with Crippen molar-refractivity contribution in [3.8, 4) is 11.5 Å². The zero-order valence-corrected chi connectivity index (χ0v) is 12.1. The van der Waals surface area contributed by atoms with Gasteiger partial charge in [0.1, 0.15) is 13.2 Å². The summed E-state index contributed by atoms with van der Waals surface area (Å²) in [7, 11) is 0. The van der Waals surface area contributed by atoms with E-state index in [0.717, 1.165) is 0 Å². The second-order valence-corrected chi connectivity index (χ2v) is 5.17. The van der Waals surface area contributed by atoms with Crippen LogP contribution in [0.3, 0.4) is 0 Å². The SMILES string of the molecule is NCC(NCC(F)(F)F)c1cc(Br)c2c(c1)OCCO2. The van der Waals surface area contributed by atoms with E-state index in [1.165, 1.54) is 0 Å². The van der Waals surface area contributed by atoms with Crippen LogP contribution in [-0.2, 0) is 0 Å². The second kappa shape index (κ2) is 6.19. The minimum atomic E-state index is -4.28. The first kappa shape index (κ1) is 15.4. The molecular formula is C12H14BrF3N2O2. The molecule has 112 valence electrons. The molecule has 20 heavy (non-hydrogen) atoms. The predicted molar refractivity (Wildman–Crippen MR) is 71.0 cm³/mol. The molecule has 0 bridgehead atoms. The van der Waals surface area contributed by atoms with Crippen molar-refractivity contribution in [1.29, 1.82) is 0 Å². The van der Waals surface area contributed by atoms with Gasteiger partial charge in [0.2, 0.25) is 0 Å². The Morgan fingerprint density at radius 2 is 2.00 bits per heavy atom. The van der Waals surface area contributed by atoms with Crippen molar-refractivity contribution in [2.24, 2.45) is 5.73 Å². The summed E-state index contributed by atoms with van der Waals surface area (Å²) in [5, 5.41) is 2.39. The zero-order valence-electron chi connectivity index (χ0n) is 10.5. The van der Waals surface area contributed by atoms with Gasteiger partial charge in [0.25, 0.3) is 0 Å². The molecule has 1 aromatic carbocycles. The highest BCUT2D eigenvalue weighted by atomic mass is 79.9. The summed E-state index contributed by atoms with van der Waals surface area (Å²) in [6.07, 6.45) is -4.28. The fourth-order valence-corrected chi connectivity index (χ4v) is 2.48. The van der Waals surface area contributed by atoms with Gasteiger partial charge in [-0.3, -0.25) is 0 Å². The second-order valence-electron chi connectivity index (χ2n) is 4.31. The van der Waals surface area contributed by atoms with Crippen molar-refractivity contribution in [2.75, 3.05) is 26.3 Å². The lowest BCUT2D eigenvalue weighted by atomic mass is 10.1. The van der Waals surface area contributed by atoms with Gasteiger partial charge in [-0.25, -0.2) is 0 Å². The van der Waals surface area contributed by atoms with E-state index in [1.807, 2.05) is 0 Å². The largest absolute Gasteiger partial charge is 0.486 e. The molecule has 0 radical (unpaired) electrons. The van der Waals surface area contributed by atoms with Gasteiger partial charge in [0.05, 0.1) is 11.0 Å². The molecule has 2 rings (SSSR count). The quantitative estimate of drug-likeness (QED) is 0.871. The van der Waals surface area contributed by atoms with E-state index in [0.29, 0.717) is 34.7 Å². The Labute approximate surface area is 122 Å². The van der Waals surface area contributed by atoms with Crippen molar-refractivity contribution < 1.29 is 22.6 Å². The van der Waals surface area contributed by atoms with Crippen LogP contribution in [0.4, 0.5) is 13.2 Å². The number of hydrogen-bond acceptors (Lipinski definition) is 4. The Hall–Kier alpha value is -0.990. The molecule has 8 heteroatoms. The van der Waals surface area contributed by atoms with Gasteiger partial charge in [-0.15, -0.1) is 0 Å². The maximum absolute atomic E-state index is 12.3. The minimum absolute atomic E-state index is 0.0438. The summed E-state index contributed by atoms with van der Waals surface area (Å²) in [6.45, 7) is -0.202. The van der Waals surface area contributed by atoms with Gasteiger partial charge < -0.3 is 20.5 Å². The molecular weight excluding hydrogens is 341 g/mol. The number of ether oxygens (including phenoxy) is 2. The molecule has 0 fully saturated rings. The highest BCUT2D eigenvalue weighted by molar-refractivity contribution is 9.10. The topological polar surface area (TPSA) is 56.5 Å². The smallest absolute Gasteiger partial charge is 0.401 e. The van der Waals surface area contributed by atoms with E-state index in [2.05, 4.69) is 21.2 Å². The molecule has 3 N–H and O–H groups in total. The number of hydrogen-bond donors (Lipinski definition) is 2. The van der Waals surface area contributed by atoms with Crippen LogP contribution in [0.1, 0.15) is 11.6 Å². The third-order valence-electron chi connectivity index (χ3n) is 2.81. The van der Waals surface area contributed by atoms with Crippen molar-refractivity contribution >= 4 is 15.9 Å². The lowest BCUT2D eigenvalue weighted by Crippen LogP contribution is -2.35. The van der Waals surface area contributed by atoms with Crippen molar-refractivity contribution in [3.05, 3.63) is 22.2 Å². The Bertz CT molecular complexity index is 483. The predicted octanol–water partition coefficient (Wildman–Crippen LogP) is 2.37. The van der Waals surface area contributed by atoms with Crippen LogP contribution < -0.4 is 20.5 Å². The molecule has 0 aromatic heterocycles. The van der Waals surface area contributed by atoms with Crippen molar-refractivity contribution in [1.82, 2.24) is 5.32 Å². The average Bonchev–Trinajstić information content (AvgIpc) is 2.38. The Morgan fingerprint density at radius 1 is 1.30 bits per heavy atom. The summed E-state index contributed by atoms with van der Waals surface area (Å²) in [5.74, 6) is 1.07. The molecule has 1 aromatic rings. The molecule has 0 aliphatic carbocycles. The van der Waals surface area contributed by atoms with Crippen LogP contribution in [0.25, 0.3) is 0 Å². The lowest BCUT2D eigenvalue weighted by Gasteiger charge is -2.23. The zero-order chi connectivity index (χ0) is 14.8. The standard InChI is InChI=1S/C12H14BrF3N2O2/c13-8-3-7(4-10-11(8)20-2-1-19-10)9(5-17)18-6-12(14,15)16/h3-4,9,18H,1-2,5-6,17H2. The summed E-state index contributed by atoms with van der Waals surface area (Å²) in [6, 6.07) is 2.73. The summed E-state index contributed by atoms with van der Waals surface area (Å²) in [5.41, 5.74) is 6.16. The van der Waals surface area contributed by atoms with E-state index in [-0.39, 0.29) is 6.54 Å². The normalized spacial score (nSPS) is 16.1. The Morgan fingerprint density at radius 3 is 2.65 bits per heavy atom. The molecule has 4 nitrogen and oxygen atoms in total. The molecule has 1 atom stereocenters. The number of benzene rings is 1. The number of alkyl halides is 3. The Kier molecular flexibility index (Phi) is 4.77. The number of rotatable bonds is 4. The first-order valence-corrected chi connectivity index (χ1v) is 6.79. The van der Waals surface area contributed by atoms with Crippen molar-refractivity contribution in [3.63, 3.8) is 0 Å². The Balaban J connectivity index is 2.19. The third-order valence-corrected chi connectivity index (χ3v) is 3.40. The minimum Gasteiger partial charge on any atom is -0.486 e. The molecule has 1 aliphatic heterocycles. The first-order chi connectivity index (χ1) is 9.40. The number of nitrogens with one attached hydrogen (secondary N) is 1. The molecule has 0 amide bonds. The third kappa shape index (κ3) is 3.77. The van der Waals surface area contributed by atoms with E-state index >= 15 is 0 Å². The van der Waals surface area contributed by atoms with Crippen LogP contribution in [0, 0.1) is 0 Å². The van der Waals surface area contributed by atoms with Crippen LogP contribution in [0.2, 0.25) is 0 Å². The van der Waals surface area contributed by atoms with E-state index < -0.39 is 18.8 Å². The first-order valence-electron chi connectivity index (χ1n) is 6.00. The van der Waals surface area contributed by atoms with Gasteiger partial charge in [-0.05, 0) is 33.6 Å². The number of halogens is 4. The van der Waals surface area contributed by atoms with E-state index in [1.54, 1.807) is 12.1 Å². The maximum Gasteiger partial charge on any atom is 0.401 e. The van der Waals surface area contributed by atoms with Crippen LogP contribution in [0.5, 0.6) is 11.5 Å². The monoisotopic (exact) mass is 354 g/mol. The fraction of sp³-hybridized carbons (Fsp3) is 0.500. The summed E-state index contributed by atoms with van der Waals surface area (Å²) >= 11 is 3.33. The van der Waals surface area contributed by atoms with Gasteiger partial charge in [-0.2, -0.15) is 13.2 Å². The summed E-state index contributed by atoms with van der Waals surface area (Å²) in [4.78, 5) is 0. The van der Waals surface area contributed by atoms with Gasteiger partial charge in [0, 0.05) is 12.6 Å². The molecule has 1 heterocycles. The van der Waals surface area contributed by atoms with Crippen LogP contribution in [-0.4, -0.2) is 32.5 Å². The highest BCUT2D eigenvalue weighted by Gasteiger charge is 2.28. The molecule has 0 saturated heterocycles. The summed E-state index contributed by atoms with van der Waals surface area (Å²) < 4.78 is 48.3. The number of fused-ring (bicyclic) bond motifs is 1. The lowest BCUT2D eigenvalue weighted by molar-refractivity contribution is -0.126. The maximum atomic E-state index is 12.3. The highest BCUT2D eigenvalue weighted by Crippen LogP contribution is 2.39. The van der Waals surface area contributed by atoms with Crippen LogP contribution >= 0.6 is 15.9 Å². The number of nitrogens with two attached hydrogens (primary N) is 1.